The minimum atomic E-state index is -0.543. The van der Waals surface area contributed by atoms with Crippen molar-refractivity contribution in [1.29, 1.82) is 0 Å². The first kappa shape index (κ1) is 14.8. The molecular formula is C18H21NO3. The lowest BCUT2D eigenvalue weighted by Gasteiger charge is -2.34. The molecule has 116 valence electrons. The maximum atomic E-state index is 12.2. The number of carbonyl (C=O) groups is 1. The minimum absolute atomic E-state index is 0.143. The van der Waals surface area contributed by atoms with Crippen LogP contribution < -0.4 is 10.5 Å². The van der Waals surface area contributed by atoms with Crippen LogP contribution in [0.3, 0.4) is 0 Å². The van der Waals surface area contributed by atoms with Crippen molar-refractivity contribution in [1.82, 2.24) is 0 Å². The molecule has 0 saturated carbocycles. The standard InChI is InChI=1S/C18H21NO3/c1-11-5-4-6-19(9-11)17-14-7-12(2)13(3)8-16(14)22-18(21)15(17)10-20/h7-8,10-11H,4-6,9H2,1-3H3. The van der Waals surface area contributed by atoms with Crippen molar-refractivity contribution in [2.24, 2.45) is 5.92 Å². The van der Waals surface area contributed by atoms with Crippen molar-refractivity contribution in [3.8, 4) is 0 Å². The Bertz CT molecular complexity index is 791. The second kappa shape index (κ2) is 5.59. The van der Waals surface area contributed by atoms with Gasteiger partial charge < -0.3 is 9.32 Å². The predicted molar refractivity (Wildman–Crippen MR) is 88.0 cm³/mol. The summed E-state index contributed by atoms with van der Waals surface area (Å²) in [5, 5.41) is 0.860. The van der Waals surface area contributed by atoms with Crippen LogP contribution in [-0.2, 0) is 0 Å². The number of anilines is 1. The summed E-state index contributed by atoms with van der Waals surface area (Å²) in [5.74, 6) is 0.557. The number of benzene rings is 1. The van der Waals surface area contributed by atoms with Crippen LogP contribution in [0.5, 0.6) is 0 Å². The summed E-state index contributed by atoms with van der Waals surface area (Å²) in [4.78, 5) is 25.8. The number of hydrogen-bond acceptors (Lipinski definition) is 4. The highest BCUT2D eigenvalue weighted by atomic mass is 16.4. The number of carbonyl (C=O) groups excluding carboxylic acids is 1. The molecule has 4 nitrogen and oxygen atoms in total. The Morgan fingerprint density at radius 3 is 2.68 bits per heavy atom. The largest absolute Gasteiger partial charge is 0.422 e. The van der Waals surface area contributed by atoms with Crippen LogP contribution in [0.1, 0.15) is 41.3 Å². The van der Waals surface area contributed by atoms with E-state index in [1.807, 2.05) is 26.0 Å². The van der Waals surface area contributed by atoms with Gasteiger partial charge in [-0.25, -0.2) is 4.79 Å². The van der Waals surface area contributed by atoms with Crippen molar-refractivity contribution >= 4 is 22.9 Å². The van der Waals surface area contributed by atoms with Crippen LogP contribution in [0.15, 0.2) is 21.3 Å². The van der Waals surface area contributed by atoms with Gasteiger partial charge in [0, 0.05) is 18.5 Å². The lowest BCUT2D eigenvalue weighted by Crippen LogP contribution is -2.36. The van der Waals surface area contributed by atoms with E-state index in [1.54, 1.807) is 0 Å². The summed E-state index contributed by atoms with van der Waals surface area (Å²) in [6.45, 7) is 7.97. The smallest absolute Gasteiger partial charge is 0.349 e. The van der Waals surface area contributed by atoms with Gasteiger partial charge in [-0.2, -0.15) is 0 Å². The maximum absolute atomic E-state index is 12.2. The molecule has 1 unspecified atom stereocenters. The van der Waals surface area contributed by atoms with Crippen molar-refractivity contribution in [3.63, 3.8) is 0 Å². The molecule has 0 bridgehead atoms. The van der Waals surface area contributed by atoms with Gasteiger partial charge in [0.15, 0.2) is 6.29 Å². The van der Waals surface area contributed by atoms with E-state index < -0.39 is 5.63 Å². The number of fused-ring (bicyclic) bond motifs is 1. The molecule has 1 aromatic carbocycles. The van der Waals surface area contributed by atoms with Gasteiger partial charge >= 0.3 is 5.63 Å². The van der Waals surface area contributed by atoms with E-state index in [1.165, 1.54) is 6.42 Å². The van der Waals surface area contributed by atoms with Crippen molar-refractivity contribution in [2.45, 2.75) is 33.6 Å². The van der Waals surface area contributed by atoms with E-state index in [0.717, 1.165) is 41.7 Å². The van der Waals surface area contributed by atoms with Crippen LogP contribution in [0.25, 0.3) is 11.0 Å². The molecule has 0 aliphatic carbocycles. The van der Waals surface area contributed by atoms with Gasteiger partial charge in [0.05, 0.1) is 5.69 Å². The molecule has 1 atom stereocenters. The number of hydrogen-bond donors (Lipinski definition) is 0. The normalized spacial score (nSPS) is 18.7. The molecule has 1 aliphatic heterocycles. The van der Waals surface area contributed by atoms with Gasteiger partial charge in [-0.1, -0.05) is 6.92 Å². The van der Waals surface area contributed by atoms with Crippen LogP contribution in [-0.4, -0.2) is 19.4 Å². The van der Waals surface area contributed by atoms with Gasteiger partial charge in [0.1, 0.15) is 11.1 Å². The van der Waals surface area contributed by atoms with Crippen molar-refractivity contribution in [2.75, 3.05) is 18.0 Å². The Labute approximate surface area is 129 Å². The van der Waals surface area contributed by atoms with Crippen LogP contribution in [0.2, 0.25) is 0 Å². The van der Waals surface area contributed by atoms with E-state index in [0.29, 0.717) is 17.8 Å². The molecule has 1 aliphatic rings. The highest BCUT2D eigenvalue weighted by molar-refractivity contribution is 6.00. The second-order valence-electron chi connectivity index (χ2n) is 6.40. The molecular weight excluding hydrogens is 278 g/mol. The first-order valence-electron chi connectivity index (χ1n) is 7.79. The average molecular weight is 299 g/mol. The summed E-state index contributed by atoms with van der Waals surface area (Å²) in [6.07, 6.45) is 2.89. The van der Waals surface area contributed by atoms with Crippen LogP contribution >= 0.6 is 0 Å². The molecule has 1 saturated heterocycles. The Morgan fingerprint density at radius 1 is 1.27 bits per heavy atom. The molecule has 22 heavy (non-hydrogen) atoms. The zero-order valence-corrected chi connectivity index (χ0v) is 13.3. The molecule has 1 aromatic heterocycles. The Morgan fingerprint density at radius 2 is 2.00 bits per heavy atom. The second-order valence-corrected chi connectivity index (χ2v) is 6.40. The molecule has 1 fully saturated rings. The highest BCUT2D eigenvalue weighted by Crippen LogP contribution is 2.33. The highest BCUT2D eigenvalue weighted by Gasteiger charge is 2.24. The summed E-state index contributed by atoms with van der Waals surface area (Å²) in [6, 6.07) is 3.91. The summed E-state index contributed by atoms with van der Waals surface area (Å²) in [7, 11) is 0. The van der Waals surface area contributed by atoms with E-state index in [2.05, 4.69) is 11.8 Å². The maximum Gasteiger partial charge on any atom is 0.349 e. The third-order valence-corrected chi connectivity index (χ3v) is 4.62. The topological polar surface area (TPSA) is 50.5 Å². The third-order valence-electron chi connectivity index (χ3n) is 4.62. The molecule has 0 N–H and O–H groups in total. The zero-order chi connectivity index (χ0) is 15.9. The third kappa shape index (κ3) is 2.43. The lowest BCUT2D eigenvalue weighted by atomic mass is 9.97. The van der Waals surface area contributed by atoms with Crippen LogP contribution in [0.4, 0.5) is 5.69 Å². The van der Waals surface area contributed by atoms with Crippen molar-refractivity contribution < 1.29 is 9.21 Å². The van der Waals surface area contributed by atoms with E-state index in [-0.39, 0.29) is 5.56 Å². The Balaban J connectivity index is 2.31. The van der Waals surface area contributed by atoms with Gasteiger partial charge in [-0.3, -0.25) is 4.79 Å². The molecule has 0 spiro atoms. The molecule has 4 heteroatoms. The van der Waals surface area contributed by atoms with Gasteiger partial charge in [0.25, 0.3) is 0 Å². The number of aryl methyl sites for hydroxylation is 2. The fraction of sp³-hybridized carbons (Fsp3) is 0.444. The Kier molecular flexibility index (Phi) is 3.77. The summed E-state index contributed by atoms with van der Waals surface area (Å²) >= 11 is 0. The monoisotopic (exact) mass is 299 g/mol. The number of rotatable bonds is 2. The van der Waals surface area contributed by atoms with E-state index in [9.17, 15) is 9.59 Å². The molecule has 0 radical (unpaired) electrons. The van der Waals surface area contributed by atoms with Gasteiger partial charge in [-0.05, 0) is 55.9 Å². The molecule has 0 amide bonds. The summed E-state index contributed by atoms with van der Waals surface area (Å²) < 4.78 is 5.36. The number of piperidine rings is 1. The summed E-state index contributed by atoms with van der Waals surface area (Å²) in [5.41, 5.74) is 3.11. The lowest BCUT2D eigenvalue weighted by molar-refractivity contribution is 0.112. The van der Waals surface area contributed by atoms with Gasteiger partial charge in [0.2, 0.25) is 0 Å². The molecule has 3 rings (SSSR count). The first-order valence-corrected chi connectivity index (χ1v) is 7.79. The zero-order valence-electron chi connectivity index (χ0n) is 13.3. The van der Waals surface area contributed by atoms with Gasteiger partial charge in [-0.15, -0.1) is 0 Å². The molecule has 2 aromatic rings. The Hall–Kier alpha value is -2.10. The van der Waals surface area contributed by atoms with E-state index >= 15 is 0 Å². The first-order chi connectivity index (χ1) is 10.5. The van der Waals surface area contributed by atoms with Crippen molar-refractivity contribution in [3.05, 3.63) is 39.2 Å². The molecule has 2 heterocycles. The predicted octanol–water partition coefficient (Wildman–Crippen LogP) is 3.46. The quantitative estimate of drug-likeness (QED) is 0.629. The fourth-order valence-corrected chi connectivity index (χ4v) is 3.29. The minimum Gasteiger partial charge on any atom is -0.422 e. The fourth-order valence-electron chi connectivity index (χ4n) is 3.29. The SMILES string of the molecule is Cc1cc2oc(=O)c(C=O)c(N3CCCC(C)C3)c2cc1C. The number of nitrogens with zero attached hydrogens (tertiary/aromatic N) is 1. The average Bonchev–Trinajstić information content (AvgIpc) is 2.48. The van der Waals surface area contributed by atoms with E-state index in [4.69, 9.17) is 4.42 Å². The number of aldehydes is 1. The van der Waals surface area contributed by atoms with Crippen LogP contribution in [0, 0.1) is 19.8 Å².